The lowest BCUT2D eigenvalue weighted by Gasteiger charge is -2.71. The van der Waals surface area contributed by atoms with E-state index < -0.39 is 41.4 Å². The number of aliphatic hydroxyl groups is 4. The molecule has 6 rings (SSSR count). The van der Waals surface area contributed by atoms with Gasteiger partial charge >= 0.3 is 5.97 Å². The first-order valence-corrected chi connectivity index (χ1v) is 16.9. The van der Waals surface area contributed by atoms with Crippen LogP contribution in [-0.4, -0.2) is 75.4 Å². The van der Waals surface area contributed by atoms with Crippen molar-refractivity contribution in [2.45, 2.75) is 136 Å². The number of allylic oxidation sites excluding steroid dienone is 2. The molecule has 5 aliphatic carbocycles. The van der Waals surface area contributed by atoms with Crippen molar-refractivity contribution >= 4 is 5.97 Å². The van der Waals surface area contributed by atoms with Gasteiger partial charge in [-0.15, -0.1) is 0 Å². The van der Waals surface area contributed by atoms with Gasteiger partial charge in [-0.3, -0.25) is 4.79 Å². The molecule has 5 N–H and O–H groups in total. The van der Waals surface area contributed by atoms with Gasteiger partial charge in [0.1, 0.15) is 18.3 Å². The third kappa shape index (κ3) is 4.32. The first kappa shape index (κ1) is 31.9. The third-order valence-electron chi connectivity index (χ3n) is 14.9. The lowest BCUT2D eigenvalue weighted by molar-refractivity contribution is -0.312. The van der Waals surface area contributed by atoms with E-state index >= 15 is 0 Å². The van der Waals surface area contributed by atoms with Crippen LogP contribution in [0.25, 0.3) is 0 Å². The Morgan fingerprint density at radius 1 is 0.930 bits per heavy atom. The van der Waals surface area contributed by atoms with Crippen molar-refractivity contribution in [1.29, 1.82) is 0 Å². The largest absolute Gasteiger partial charge is 0.481 e. The van der Waals surface area contributed by atoms with Crippen LogP contribution in [0.4, 0.5) is 0 Å². The number of aliphatic carboxylic acids is 1. The normalized spacial score (nSPS) is 54.3. The minimum Gasteiger partial charge on any atom is -0.481 e. The maximum absolute atomic E-state index is 12.9. The number of rotatable bonds is 4. The number of ether oxygens (including phenoxy) is 2. The highest BCUT2D eigenvalue weighted by Gasteiger charge is 2.70. The molecule has 43 heavy (non-hydrogen) atoms. The van der Waals surface area contributed by atoms with Crippen LogP contribution >= 0.6 is 0 Å². The summed E-state index contributed by atoms with van der Waals surface area (Å²) < 4.78 is 12.0. The van der Waals surface area contributed by atoms with E-state index in [4.69, 9.17) is 9.47 Å². The first-order valence-electron chi connectivity index (χ1n) is 16.9. The molecule has 0 bridgehead atoms. The average molecular weight is 605 g/mol. The Morgan fingerprint density at radius 3 is 2.30 bits per heavy atom. The monoisotopic (exact) mass is 604 g/mol. The second-order valence-electron chi connectivity index (χ2n) is 17.3. The van der Waals surface area contributed by atoms with E-state index in [0.717, 1.165) is 57.8 Å². The molecule has 1 heterocycles. The number of aliphatic hydroxyl groups excluding tert-OH is 4. The van der Waals surface area contributed by atoms with Crippen LogP contribution in [0.5, 0.6) is 0 Å². The van der Waals surface area contributed by atoms with Crippen molar-refractivity contribution < 1.29 is 39.8 Å². The molecule has 13 atom stereocenters. The van der Waals surface area contributed by atoms with Crippen LogP contribution in [-0.2, 0) is 14.3 Å². The lowest BCUT2D eigenvalue weighted by atomic mass is 9.33. The molecule has 0 spiro atoms. The summed E-state index contributed by atoms with van der Waals surface area (Å²) >= 11 is 0. The Bertz CT molecular complexity index is 1150. The van der Waals surface area contributed by atoms with Gasteiger partial charge in [-0.05, 0) is 104 Å². The van der Waals surface area contributed by atoms with Gasteiger partial charge in [-0.2, -0.15) is 0 Å². The second-order valence-corrected chi connectivity index (χ2v) is 17.3. The molecule has 4 saturated carbocycles. The minimum atomic E-state index is -1.36. The van der Waals surface area contributed by atoms with E-state index in [1.807, 2.05) is 0 Å². The van der Waals surface area contributed by atoms with E-state index in [1.165, 1.54) is 5.57 Å². The topological polar surface area (TPSA) is 137 Å². The van der Waals surface area contributed by atoms with Crippen LogP contribution in [0.2, 0.25) is 0 Å². The van der Waals surface area contributed by atoms with Gasteiger partial charge < -0.3 is 35.0 Å². The molecule has 6 aliphatic rings. The summed E-state index contributed by atoms with van der Waals surface area (Å²) in [5.41, 5.74) is 0.232. The Morgan fingerprint density at radius 2 is 1.63 bits per heavy atom. The van der Waals surface area contributed by atoms with Crippen LogP contribution in [0.1, 0.15) is 106 Å². The van der Waals surface area contributed by atoms with Crippen molar-refractivity contribution in [2.24, 2.45) is 50.2 Å². The number of hydrogen-bond donors (Lipinski definition) is 5. The zero-order chi connectivity index (χ0) is 31.4. The van der Waals surface area contributed by atoms with Crippen LogP contribution in [0.15, 0.2) is 11.6 Å². The number of carboxylic acids is 1. The fourth-order valence-electron chi connectivity index (χ4n) is 11.9. The molecule has 1 saturated heterocycles. The van der Waals surface area contributed by atoms with Gasteiger partial charge in [0.2, 0.25) is 0 Å². The number of fused-ring (bicyclic) bond motifs is 7. The number of carboxylic acid groups (broad SMARTS) is 1. The highest BCUT2D eigenvalue weighted by Crippen LogP contribution is 2.76. The lowest BCUT2D eigenvalue weighted by Crippen LogP contribution is -2.66. The average Bonchev–Trinajstić information content (AvgIpc) is 2.94. The predicted octanol–water partition coefficient (Wildman–Crippen LogP) is 4.67. The summed E-state index contributed by atoms with van der Waals surface area (Å²) in [4.78, 5) is 12.9. The smallest absolute Gasteiger partial charge is 0.310 e. The van der Waals surface area contributed by atoms with E-state index in [9.17, 15) is 30.3 Å². The highest BCUT2D eigenvalue weighted by molar-refractivity contribution is 5.76. The summed E-state index contributed by atoms with van der Waals surface area (Å²) in [5.74, 6) is 0.0529. The first-order chi connectivity index (χ1) is 20.0. The summed E-state index contributed by atoms with van der Waals surface area (Å²) in [5, 5.41) is 52.3. The highest BCUT2D eigenvalue weighted by atomic mass is 16.7. The van der Waals surface area contributed by atoms with Crippen molar-refractivity contribution in [1.82, 2.24) is 0 Å². The van der Waals surface area contributed by atoms with Crippen molar-refractivity contribution in [3.8, 4) is 0 Å². The van der Waals surface area contributed by atoms with Gasteiger partial charge in [0.15, 0.2) is 6.29 Å². The van der Waals surface area contributed by atoms with Crippen LogP contribution < -0.4 is 0 Å². The Balaban J connectivity index is 1.32. The third-order valence-corrected chi connectivity index (χ3v) is 14.9. The summed E-state index contributed by atoms with van der Waals surface area (Å²) in [7, 11) is 0. The SMILES string of the molecule is CC1(C)CC[C@]2(C(=O)O)CC[C@]3(C)C(=CC[C@@H]4[C@@]5(C)CC[C@@H](O[C@@H]6OC[C@H](O)[C@@H](O)[C@@H]6O)[C@@](C)(CO)[C@H]5CC[C@]43C)[C@@H]2C1. The van der Waals surface area contributed by atoms with E-state index in [2.05, 4.69) is 47.6 Å². The molecule has 8 heteroatoms. The molecule has 244 valence electrons. The molecule has 1 aliphatic heterocycles. The molecule has 0 unspecified atom stereocenters. The van der Waals surface area contributed by atoms with Crippen molar-refractivity contribution in [3.63, 3.8) is 0 Å². The van der Waals surface area contributed by atoms with Gasteiger partial charge in [-0.25, -0.2) is 0 Å². The molecular formula is C35H56O8. The summed E-state index contributed by atoms with van der Waals surface area (Å²) in [6, 6.07) is 0. The van der Waals surface area contributed by atoms with Gasteiger partial charge in [0.05, 0.1) is 24.7 Å². The molecule has 0 radical (unpaired) electrons. The molecule has 0 aromatic heterocycles. The molecule has 5 fully saturated rings. The zero-order valence-electron chi connectivity index (χ0n) is 27.1. The van der Waals surface area contributed by atoms with Gasteiger partial charge in [0.25, 0.3) is 0 Å². The Labute approximate surface area is 257 Å². The molecule has 0 aromatic carbocycles. The van der Waals surface area contributed by atoms with Crippen molar-refractivity contribution in [3.05, 3.63) is 11.6 Å². The van der Waals surface area contributed by atoms with Gasteiger partial charge in [0, 0.05) is 5.41 Å². The fraction of sp³-hybridized carbons (Fsp3) is 0.914. The predicted molar refractivity (Wildman–Crippen MR) is 161 cm³/mol. The zero-order valence-corrected chi connectivity index (χ0v) is 27.1. The van der Waals surface area contributed by atoms with E-state index in [0.29, 0.717) is 12.3 Å². The minimum absolute atomic E-state index is 0.0154. The molecule has 0 amide bonds. The van der Waals surface area contributed by atoms with Gasteiger partial charge in [-0.1, -0.05) is 53.2 Å². The Kier molecular flexibility index (Phi) is 7.60. The van der Waals surface area contributed by atoms with E-state index in [-0.39, 0.29) is 52.8 Å². The number of hydrogen-bond acceptors (Lipinski definition) is 7. The standard InChI is InChI=1S/C35H56O8/c1-30(2)13-15-35(29(40)41)16-14-33(5)20(21(35)17-30)7-8-24-31(3)11-10-25(43-28-27(39)26(38)22(37)18-42-28)32(4,19-36)23(31)9-12-34(24,33)6/h7,21-28,36-39H,8-19H2,1-6H3,(H,40,41)/t21-,22-,23-,24+,25+,26+,27-,28-,31-,32-,33+,34+,35-/m0/s1. The van der Waals surface area contributed by atoms with Crippen LogP contribution in [0, 0.1) is 50.2 Å². The molecule has 0 aromatic rings. The number of carbonyl (C=O) groups is 1. The maximum atomic E-state index is 12.9. The fourth-order valence-corrected chi connectivity index (χ4v) is 11.9. The Hall–Kier alpha value is -1.03. The quantitative estimate of drug-likeness (QED) is 0.231. The van der Waals surface area contributed by atoms with Crippen molar-refractivity contribution in [2.75, 3.05) is 13.2 Å². The second kappa shape index (κ2) is 10.2. The molecular weight excluding hydrogens is 548 g/mol. The molecule has 8 nitrogen and oxygen atoms in total. The summed E-state index contributed by atoms with van der Waals surface area (Å²) in [6.07, 6.45) is 6.03. The van der Waals surface area contributed by atoms with E-state index in [1.54, 1.807) is 0 Å². The summed E-state index contributed by atoms with van der Waals surface area (Å²) in [6.45, 7) is 13.9. The maximum Gasteiger partial charge on any atom is 0.310 e. The van der Waals surface area contributed by atoms with Crippen LogP contribution in [0.3, 0.4) is 0 Å².